The molecule has 0 heterocycles. The van der Waals surface area contributed by atoms with Gasteiger partial charge in [0.2, 0.25) is 0 Å². The third-order valence-corrected chi connectivity index (χ3v) is 2.55. The van der Waals surface area contributed by atoms with Gasteiger partial charge in [0, 0.05) is 32.4 Å². The summed E-state index contributed by atoms with van der Waals surface area (Å²) in [6.45, 7) is 2.29. The summed E-state index contributed by atoms with van der Waals surface area (Å²) in [6, 6.07) is 10.4. The van der Waals surface area contributed by atoms with Gasteiger partial charge < -0.3 is 15.3 Å². The molecule has 0 spiro atoms. The Balaban J connectivity index is 2.46. The minimum Gasteiger partial charge on any atom is -0.395 e. The van der Waals surface area contributed by atoms with E-state index in [1.807, 2.05) is 19.2 Å². The topological polar surface area (TPSA) is 59.3 Å². The second-order valence-electron chi connectivity index (χ2n) is 3.90. The predicted octanol–water partition coefficient (Wildman–Crippen LogP) is 1.12. The number of hydrogen-bond donors (Lipinski definition) is 2. The lowest BCUT2D eigenvalue weighted by molar-refractivity contribution is 0.292. The lowest BCUT2D eigenvalue weighted by Gasteiger charge is -2.17. The highest BCUT2D eigenvalue weighted by molar-refractivity contribution is 5.46. The molecule has 4 heteroatoms. The van der Waals surface area contributed by atoms with E-state index in [-0.39, 0.29) is 6.61 Å². The van der Waals surface area contributed by atoms with Crippen LogP contribution in [0.3, 0.4) is 0 Å². The summed E-state index contributed by atoms with van der Waals surface area (Å²) in [7, 11) is 1.98. The Morgan fingerprint density at radius 1 is 1.35 bits per heavy atom. The van der Waals surface area contributed by atoms with Crippen LogP contribution in [0.4, 0.5) is 5.69 Å². The van der Waals surface area contributed by atoms with Crippen LogP contribution < -0.4 is 10.2 Å². The molecule has 0 aliphatic rings. The van der Waals surface area contributed by atoms with E-state index >= 15 is 0 Å². The molecule has 0 aliphatic heterocycles. The van der Waals surface area contributed by atoms with Gasteiger partial charge in [0.15, 0.2) is 0 Å². The summed E-state index contributed by atoms with van der Waals surface area (Å²) in [6.07, 6.45) is 0.538. The smallest absolute Gasteiger partial charge is 0.0640 e. The Bertz CT molecular complexity index is 356. The summed E-state index contributed by atoms with van der Waals surface area (Å²) < 4.78 is 0. The van der Waals surface area contributed by atoms with Gasteiger partial charge in [-0.3, -0.25) is 0 Å². The van der Waals surface area contributed by atoms with Crippen molar-refractivity contribution in [3.8, 4) is 6.07 Å². The molecule has 2 N–H and O–H groups in total. The molecule has 4 nitrogen and oxygen atoms in total. The number of benzene rings is 1. The molecule has 0 radical (unpaired) electrons. The van der Waals surface area contributed by atoms with E-state index in [9.17, 15) is 0 Å². The molecule has 0 unspecified atom stereocenters. The van der Waals surface area contributed by atoms with Gasteiger partial charge in [-0.15, -0.1) is 0 Å². The monoisotopic (exact) mass is 233 g/mol. The van der Waals surface area contributed by atoms with Gasteiger partial charge in [-0.25, -0.2) is 0 Å². The number of nitrogens with one attached hydrogen (secondary N) is 1. The Kier molecular flexibility index (Phi) is 6.08. The first-order chi connectivity index (χ1) is 8.27. The van der Waals surface area contributed by atoms with Crippen LogP contribution in [-0.2, 0) is 6.54 Å². The molecule has 0 bridgehead atoms. The summed E-state index contributed by atoms with van der Waals surface area (Å²) >= 11 is 0. The van der Waals surface area contributed by atoms with Crippen molar-refractivity contribution in [2.24, 2.45) is 0 Å². The Morgan fingerprint density at radius 2 is 2.06 bits per heavy atom. The number of aliphatic hydroxyl groups excluding tert-OH is 1. The zero-order valence-corrected chi connectivity index (χ0v) is 10.2. The van der Waals surface area contributed by atoms with E-state index in [1.165, 1.54) is 5.56 Å². The molecule has 0 fully saturated rings. The van der Waals surface area contributed by atoms with Gasteiger partial charge in [0.1, 0.15) is 0 Å². The van der Waals surface area contributed by atoms with Crippen LogP contribution >= 0.6 is 0 Å². The van der Waals surface area contributed by atoms with Crippen LogP contribution in [0.2, 0.25) is 0 Å². The third-order valence-electron chi connectivity index (χ3n) is 2.55. The van der Waals surface area contributed by atoms with Crippen molar-refractivity contribution in [3.63, 3.8) is 0 Å². The fourth-order valence-corrected chi connectivity index (χ4v) is 1.53. The average Bonchev–Trinajstić information content (AvgIpc) is 2.37. The number of anilines is 1. The maximum Gasteiger partial charge on any atom is 0.0640 e. The molecule has 0 amide bonds. The van der Waals surface area contributed by atoms with Gasteiger partial charge in [-0.2, -0.15) is 5.26 Å². The number of aliphatic hydroxyl groups is 1. The number of hydrogen-bond acceptors (Lipinski definition) is 4. The molecule has 17 heavy (non-hydrogen) atoms. The highest BCUT2D eigenvalue weighted by atomic mass is 16.3. The molecule has 92 valence electrons. The number of nitriles is 1. The molecule has 0 saturated heterocycles. The average molecular weight is 233 g/mol. The van der Waals surface area contributed by atoms with Gasteiger partial charge in [-0.1, -0.05) is 12.1 Å². The third kappa shape index (κ3) is 4.85. The molecular weight excluding hydrogens is 214 g/mol. The molecule has 0 aliphatic carbocycles. The van der Waals surface area contributed by atoms with Gasteiger partial charge in [0.25, 0.3) is 0 Å². The molecule has 1 aromatic rings. The summed E-state index contributed by atoms with van der Waals surface area (Å²) in [5.41, 5.74) is 2.31. The highest BCUT2D eigenvalue weighted by Crippen LogP contribution is 2.13. The van der Waals surface area contributed by atoms with Crippen LogP contribution in [0.25, 0.3) is 0 Å². The fourth-order valence-electron chi connectivity index (χ4n) is 1.53. The van der Waals surface area contributed by atoms with Crippen molar-refractivity contribution >= 4 is 5.69 Å². The zero-order chi connectivity index (χ0) is 12.5. The molecular formula is C13H19N3O. The van der Waals surface area contributed by atoms with E-state index in [2.05, 4.69) is 28.4 Å². The first kappa shape index (κ1) is 13.5. The van der Waals surface area contributed by atoms with E-state index in [1.54, 1.807) is 0 Å². The lowest BCUT2D eigenvalue weighted by atomic mass is 10.2. The van der Waals surface area contributed by atoms with Gasteiger partial charge in [0.05, 0.1) is 19.1 Å². The van der Waals surface area contributed by atoms with E-state index < -0.39 is 0 Å². The first-order valence-corrected chi connectivity index (χ1v) is 5.76. The van der Waals surface area contributed by atoms with Crippen LogP contribution in [0, 0.1) is 11.3 Å². The molecule has 1 rings (SSSR count). The summed E-state index contributed by atoms with van der Waals surface area (Å²) in [5.74, 6) is 0. The quantitative estimate of drug-likeness (QED) is 0.693. The van der Waals surface area contributed by atoms with Gasteiger partial charge in [-0.05, 0) is 17.7 Å². The van der Waals surface area contributed by atoms with Crippen molar-refractivity contribution in [2.45, 2.75) is 13.0 Å². The maximum absolute atomic E-state index is 8.65. The van der Waals surface area contributed by atoms with E-state index in [4.69, 9.17) is 10.4 Å². The molecule has 0 atom stereocenters. The van der Waals surface area contributed by atoms with Gasteiger partial charge >= 0.3 is 0 Å². The Hall–Kier alpha value is -1.57. The second kappa shape index (κ2) is 7.66. The summed E-state index contributed by atoms with van der Waals surface area (Å²) in [5, 5.41) is 20.3. The Morgan fingerprint density at radius 3 is 2.65 bits per heavy atom. The number of rotatable bonds is 7. The first-order valence-electron chi connectivity index (χ1n) is 5.76. The molecule has 0 aromatic heterocycles. The van der Waals surface area contributed by atoms with E-state index in [0.29, 0.717) is 13.0 Å². The normalized spacial score (nSPS) is 9.94. The fraction of sp³-hybridized carbons (Fsp3) is 0.462. The van der Waals surface area contributed by atoms with Crippen LogP contribution in [0.5, 0.6) is 0 Å². The lowest BCUT2D eigenvalue weighted by Crippen LogP contribution is -2.19. The van der Waals surface area contributed by atoms with Crippen molar-refractivity contribution in [1.82, 2.24) is 5.32 Å². The van der Waals surface area contributed by atoms with Crippen molar-refractivity contribution in [2.75, 3.05) is 31.6 Å². The Labute approximate surface area is 102 Å². The molecule has 1 aromatic carbocycles. The zero-order valence-electron chi connectivity index (χ0n) is 10.2. The highest BCUT2D eigenvalue weighted by Gasteiger charge is 2.00. The van der Waals surface area contributed by atoms with Crippen molar-refractivity contribution < 1.29 is 5.11 Å². The predicted molar refractivity (Wildman–Crippen MR) is 68.7 cm³/mol. The van der Waals surface area contributed by atoms with Crippen LogP contribution in [0.1, 0.15) is 12.0 Å². The largest absolute Gasteiger partial charge is 0.395 e. The minimum atomic E-state index is 0.162. The second-order valence-corrected chi connectivity index (χ2v) is 3.90. The van der Waals surface area contributed by atoms with Crippen LogP contribution in [0.15, 0.2) is 24.3 Å². The maximum atomic E-state index is 8.65. The summed E-state index contributed by atoms with van der Waals surface area (Å²) in [4.78, 5) is 2.06. The SMILES string of the molecule is CN(CCC#N)c1ccc(CNCCO)cc1. The van der Waals surface area contributed by atoms with E-state index in [0.717, 1.165) is 18.8 Å². The van der Waals surface area contributed by atoms with Crippen molar-refractivity contribution in [3.05, 3.63) is 29.8 Å². The molecule has 0 saturated carbocycles. The number of nitrogens with zero attached hydrogens (tertiary/aromatic N) is 2. The standard InChI is InChI=1S/C13H19N3O/c1-16(9-2-7-14)13-5-3-12(4-6-13)11-15-8-10-17/h3-6,15,17H,2,8-11H2,1H3. The van der Waals surface area contributed by atoms with Crippen molar-refractivity contribution in [1.29, 1.82) is 5.26 Å². The van der Waals surface area contributed by atoms with Crippen LogP contribution in [-0.4, -0.2) is 31.9 Å². The minimum absolute atomic E-state index is 0.162.